The van der Waals surface area contributed by atoms with E-state index in [1.54, 1.807) is 13.8 Å². The van der Waals surface area contributed by atoms with Crippen LogP contribution in [0, 0.1) is 0 Å². The predicted molar refractivity (Wildman–Crippen MR) is 94.0 cm³/mol. The molecular weight excluding hydrogens is 320 g/mol. The standard InChI is InChI=1S/C19H26N2O4/c1-6-25-15(22)11-12-21-16(23)19(5,20-17(21)24)14-9-7-13(8-10-14)18(2,3)4/h7-10H,6,11-12H2,1-5H3,(H,20,24). The Balaban J connectivity index is 2.17. The quantitative estimate of drug-likeness (QED) is 0.657. The number of hydrogen-bond acceptors (Lipinski definition) is 4. The van der Waals surface area contributed by atoms with Gasteiger partial charge in [0.05, 0.1) is 13.0 Å². The number of hydrogen-bond donors (Lipinski definition) is 1. The molecule has 0 radical (unpaired) electrons. The summed E-state index contributed by atoms with van der Waals surface area (Å²) in [6, 6.07) is 7.20. The minimum absolute atomic E-state index is 0.00789. The highest BCUT2D eigenvalue weighted by Gasteiger charge is 2.48. The molecule has 1 N–H and O–H groups in total. The molecule has 1 heterocycles. The molecule has 0 bridgehead atoms. The first-order valence-corrected chi connectivity index (χ1v) is 8.50. The number of urea groups is 1. The van der Waals surface area contributed by atoms with Crippen LogP contribution in [0.3, 0.4) is 0 Å². The number of nitrogens with one attached hydrogen (secondary N) is 1. The molecular formula is C19H26N2O4. The minimum Gasteiger partial charge on any atom is -0.466 e. The summed E-state index contributed by atoms with van der Waals surface area (Å²) in [4.78, 5) is 37.6. The molecule has 1 aromatic carbocycles. The largest absolute Gasteiger partial charge is 0.466 e. The van der Waals surface area contributed by atoms with Gasteiger partial charge in [-0.05, 0) is 30.4 Å². The van der Waals surface area contributed by atoms with E-state index in [0.29, 0.717) is 0 Å². The van der Waals surface area contributed by atoms with Crippen molar-refractivity contribution in [2.45, 2.75) is 52.0 Å². The van der Waals surface area contributed by atoms with Crippen LogP contribution in [0.15, 0.2) is 24.3 Å². The van der Waals surface area contributed by atoms with Crippen LogP contribution in [0.1, 0.15) is 52.2 Å². The molecule has 1 fully saturated rings. The van der Waals surface area contributed by atoms with Crippen molar-refractivity contribution in [1.29, 1.82) is 0 Å². The zero-order valence-corrected chi connectivity index (χ0v) is 15.5. The second-order valence-corrected chi connectivity index (χ2v) is 7.39. The van der Waals surface area contributed by atoms with Gasteiger partial charge >= 0.3 is 12.0 Å². The zero-order valence-electron chi connectivity index (χ0n) is 15.5. The molecule has 0 saturated carbocycles. The summed E-state index contributed by atoms with van der Waals surface area (Å²) >= 11 is 0. The Bertz CT molecular complexity index is 676. The van der Waals surface area contributed by atoms with Crippen molar-refractivity contribution in [1.82, 2.24) is 10.2 Å². The van der Waals surface area contributed by atoms with Crippen LogP contribution >= 0.6 is 0 Å². The average molecular weight is 346 g/mol. The third kappa shape index (κ3) is 3.83. The molecule has 1 aliphatic heterocycles. The average Bonchev–Trinajstić information content (AvgIpc) is 2.75. The van der Waals surface area contributed by atoms with Crippen molar-refractivity contribution in [3.8, 4) is 0 Å². The van der Waals surface area contributed by atoms with E-state index in [1.165, 1.54) is 0 Å². The fraction of sp³-hybridized carbons (Fsp3) is 0.526. The monoisotopic (exact) mass is 346 g/mol. The van der Waals surface area contributed by atoms with E-state index in [2.05, 4.69) is 26.1 Å². The van der Waals surface area contributed by atoms with E-state index < -0.39 is 17.5 Å². The van der Waals surface area contributed by atoms with E-state index in [4.69, 9.17) is 4.74 Å². The van der Waals surface area contributed by atoms with Gasteiger partial charge in [-0.25, -0.2) is 4.79 Å². The molecule has 0 aromatic heterocycles. The molecule has 0 aliphatic carbocycles. The van der Waals surface area contributed by atoms with E-state index in [0.717, 1.165) is 16.0 Å². The zero-order chi connectivity index (χ0) is 18.8. The van der Waals surface area contributed by atoms with Crippen LogP contribution in [0.2, 0.25) is 0 Å². The molecule has 1 aliphatic rings. The van der Waals surface area contributed by atoms with Crippen LogP contribution in [0.4, 0.5) is 4.79 Å². The van der Waals surface area contributed by atoms with Gasteiger partial charge in [-0.15, -0.1) is 0 Å². The summed E-state index contributed by atoms with van der Waals surface area (Å²) in [6.07, 6.45) is -0.00789. The Morgan fingerprint density at radius 3 is 2.32 bits per heavy atom. The highest BCUT2D eigenvalue weighted by Crippen LogP contribution is 2.31. The number of esters is 1. The summed E-state index contributed by atoms with van der Waals surface area (Å²) in [5.41, 5.74) is 0.754. The van der Waals surface area contributed by atoms with Gasteiger partial charge in [0.1, 0.15) is 5.54 Å². The second-order valence-electron chi connectivity index (χ2n) is 7.39. The first-order valence-electron chi connectivity index (χ1n) is 8.50. The summed E-state index contributed by atoms with van der Waals surface area (Å²) in [7, 11) is 0. The van der Waals surface area contributed by atoms with Crippen LogP contribution in [0.5, 0.6) is 0 Å². The van der Waals surface area contributed by atoms with Gasteiger partial charge in [0.25, 0.3) is 5.91 Å². The molecule has 0 spiro atoms. The Kier molecular flexibility index (Phi) is 5.20. The molecule has 6 heteroatoms. The highest BCUT2D eigenvalue weighted by molar-refractivity contribution is 6.07. The molecule has 1 aromatic rings. The van der Waals surface area contributed by atoms with Crippen LogP contribution in [-0.2, 0) is 25.3 Å². The van der Waals surface area contributed by atoms with Crippen molar-refractivity contribution in [2.75, 3.05) is 13.2 Å². The molecule has 136 valence electrons. The van der Waals surface area contributed by atoms with Crippen LogP contribution in [-0.4, -0.2) is 36.0 Å². The van der Waals surface area contributed by atoms with Gasteiger partial charge in [-0.1, -0.05) is 45.0 Å². The third-order valence-electron chi connectivity index (χ3n) is 4.45. The summed E-state index contributed by atoms with van der Waals surface area (Å²) in [5.74, 6) is -0.781. The van der Waals surface area contributed by atoms with Gasteiger partial charge in [0.2, 0.25) is 0 Å². The number of carbonyl (C=O) groups is 3. The molecule has 1 atom stereocenters. The van der Waals surface area contributed by atoms with Crippen molar-refractivity contribution >= 4 is 17.9 Å². The van der Waals surface area contributed by atoms with Crippen LogP contribution < -0.4 is 5.32 Å². The van der Waals surface area contributed by atoms with Crippen molar-refractivity contribution < 1.29 is 19.1 Å². The van der Waals surface area contributed by atoms with Gasteiger partial charge in [-0.2, -0.15) is 0 Å². The van der Waals surface area contributed by atoms with Gasteiger partial charge in [-0.3, -0.25) is 14.5 Å². The third-order valence-corrected chi connectivity index (χ3v) is 4.45. The Hall–Kier alpha value is -2.37. The summed E-state index contributed by atoms with van der Waals surface area (Å²) < 4.78 is 4.85. The first kappa shape index (κ1) is 19.0. The maximum atomic E-state index is 12.8. The molecule has 25 heavy (non-hydrogen) atoms. The number of ether oxygens (including phenoxy) is 1. The fourth-order valence-electron chi connectivity index (χ4n) is 2.84. The van der Waals surface area contributed by atoms with Gasteiger partial charge in [0, 0.05) is 6.54 Å². The molecule has 1 unspecified atom stereocenters. The first-order chi connectivity index (χ1) is 11.6. The highest BCUT2D eigenvalue weighted by atomic mass is 16.5. The Morgan fingerprint density at radius 1 is 1.20 bits per heavy atom. The normalized spacial score (nSPS) is 20.6. The van der Waals surface area contributed by atoms with Gasteiger partial charge < -0.3 is 10.1 Å². The number of amides is 3. The molecule has 6 nitrogen and oxygen atoms in total. The lowest BCUT2D eigenvalue weighted by Gasteiger charge is -2.24. The topological polar surface area (TPSA) is 75.7 Å². The second kappa shape index (κ2) is 6.86. The maximum Gasteiger partial charge on any atom is 0.325 e. The number of rotatable bonds is 5. The number of benzene rings is 1. The fourth-order valence-corrected chi connectivity index (χ4v) is 2.84. The lowest BCUT2D eigenvalue weighted by atomic mass is 9.84. The molecule has 3 amide bonds. The maximum absolute atomic E-state index is 12.8. The smallest absolute Gasteiger partial charge is 0.325 e. The van der Waals surface area contributed by atoms with Crippen molar-refractivity contribution in [3.05, 3.63) is 35.4 Å². The number of carbonyl (C=O) groups excluding carboxylic acids is 3. The lowest BCUT2D eigenvalue weighted by Crippen LogP contribution is -2.41. The number of imide groups is 1. The van der Waals surface area contributed by atoms with Gasteiger partial charge in [0.15, 0.2) is 0 Å². The molecule has 2 rings (SSSR count). The van der Waals surface area contributed by atoms with Crippen LogP contribution in [0.25, 0.3) is 0 Å². The van der Waals surface area contributed by atoms with E-state index >= 15 is 0 Å². The SMILES string of the molecule is CCOC(=O)CCN1C(=O)NC(C)(c2ccc(C(C)(C)C)cc2)C1=O. The van der Waals surface area contributed by atoms with Crippen molar-refractivity contribution in [2.24, 2.45) is 0 Å². The Labute approximate surface area is 148 Å². The number of nitrogens with zero attached hydrogens (tertiary/aromatic N) is 1. The van der Waals surface area contributed by atoms with Crippen molar-refractivity contribution in [3.63, 3.8) is 0 Å². The van der Waals surface area contributed by atoms with E-state index in [1.807, 2.05) is 24.3 Å². The van der Waals surface area contributed by atoms with E-state index in [9.17, 15) is 14.4 Å². The summed E-state index contributed by atoms with van der Waals surface area (Å²) in [5, 5.41) is 2.75. The lowest BCUT2D eigenvalue weighted by molar-refractivity contribution is -0.143. The Morgan fingerprint density at radius 2 is 1.80 bits per heavy atom. The van der Waals surface area contributed by atoms with E-state index in [-0.39, 0.29) is 30.9 Å². The molecule has 1 saturated heterocycles. The predicted octanol–water partition coefficient (Wildman–Crippen LogP) is 2.70. The minimum atomic E-state index is -1.12. The summed E-state index contributed by atoms with van der Waals surface area (Å²) in [6.45, 7) is 10.0.